The summed E-state index contributed by atoms with van der Waals surface area (Å²) in [5.74, 6) is 3.01. The van der Waals surface area contributed by atoms with Gasteiger partial charge in [-0.1, -0.05) is 13.3 Å². The van der Waals surface area contributed by atoms with Crippen LogP contribution in [-0.4, -0.2) is 16.3 Å². The van der Waals surface area contributed by atoms with Crippen LogP contribution in [0.4, 0.5) is 0 Å². The summed E-state index contributed by atoms with van der Waals surface area (Å²) in [4.78, 5) is 0. The van der Waals surface area contributed by atoms with Gasteiger partial charge in [0.1, 0.15) is 0 Å². The first-order valence-corrected chi connectivity index (χ1v) is 7.99. The zero-order valence-electron chi connectivity index (χ0n) is 12.3. The highest BCUT2D eigenvalue weighted by Gasteiger charge is 2.40. The number of nitrogens with one attached hydrogen (secondary N) is 1. The molecule has 4 unspecified atom stereocenters. The van der Waals surface area contributed by atoms with Gasteiger partial charge >= 0.3 is 0 Å². The molecule has 1 N–H and O–H groups in total. The number of hydrogen-bond donors (Lipinski definition) is 1. The van der Waals surface area contributed by atoms with Crippen LogP contribution in [0.3, 0.4) is 0 Å². The molecule has 0 spiro atoms. The van der Waals surface area contributed by atoms with E-state index in [0.717, 1.165) is 24.3 Å². The summed E-state index contributed by atoms with van der Waals surface area (Å²) < 4.78 is 2.04. The van der Waals surface area contributed by atoms with E-state index >= 15 is 0 Å². The van der Waals surface area contributed by atoms with Crippen LogP contribution in [0.15, 0.2) is 12.3 Å². The van der Waals surface area contributed by atoms with E-state index < -0.39 is 0 Å². The minimum Gasteiger partial charge on any atom is -0.309 e. The third kappa shape index (κ3) is 2.71. The van der Waals surface area contributed by atoms with Crippen LogP contribution in [0, 0.1) is 17.8 Å². The molecule has 2 aliphatic carbocycles. The standard InChI is InChI=1S/C16H27N3/c1-3-7-17-15(16-6-8-18-19(16)2)11-14-10-12-4-5-13(14)9-12/h6,8,12-15,17H,3-5,7,9-11H2,1-2H3. The van der Waals surface area contributed by atoms with Gasteiger partial charge in [-0.2, -0.15) is 5.10 Å². The highest BCUT2D eigenvalue weighted by atomic mass is 15.3. The Morgan fingerprint density at radius 1 is 1.42 bits per heavy atom. The lowest BCUT2D eigenvalue weighted by Crippen LogP contribution is -2.28. The summed E-state index contributed by atoms with van der Waals surface area (Å²) in [7, 11) is 2.07. The average Bonchev–Trinajstić information content (AvgIpc) is 3.10. The van der Waals surface area contributed by atoms with Gasteiger partial charge in [-0.25, -0.2) is 0 Å². The topological polar surface area (TPSA) is 29.9 Å². The molecule has 1 heterocycles. The minimum absolute atomic E-state index is 0.497. The molecule has 0 aliphatic heterocycles. The van der Waals surface area contributed by atoms with Gasteiger partial charge < -0.3 is 5.32 Å². The summed E-state index contributed by atoms with van der Waals surface area (Å²) in [5.41, 5.74) is 1.36. The van der Waals surface area contributed by atoms with Crippen molar-refractivity contribution in [3.63, 3.8) is 0 Å². The summed E-state index contributed by atoms with van der Waals surface area (Å²) in [6, 6.07) is 2.68. The van der Waals surface area contributed by atoms with Crippen LogP contribution in [-0.2, 0) is 7.05 Å². The largest absolute Gasteiger partial charge is 0.309 e. The monoisotopic (exact) mass is 261 g/mol. The van der Waals surface area contributed by atoms with Crippen LogP contribution in [0.1, 0.15) is 57.2 Å². The molecule has 106 valence electrons. The molecule has 0 amide bonds. The van der Waals surface area contributed by atoms with Crippen molar-refractivity contribution in [2.24, 2.45) is 24.8 Å². The molecule has 3 nitrogen and oxygen atoms in total. The van der Waals surface area contributed by atoms with Crippen LogP contribution >= 0.6 is 0 Å². The second-order valence-corrected chi connectivity index (χ2v) is 6.56. The smallest absolute Gasteiger partial charge is 0.0550 e. The lowest BCUT2D eigenvalue weighted by Gasteiger charge is -2.27. The van der Waals surface area contributed by atoms with Crippen molar-refractivity contribution in [3.05, 3.63) is 18.0 Å². The van der Waals surface area contributed by atoms with E-state index in [2.05, 4.69) is 30.5 Å². The van der Waals surface area contributed by atoms with E-state index in [4.69, 9.17) is 0 Å². The molecule has 2 saturated carbocycles. The van der Waals surface area contributed by atoms with Crippen molar-refractivity contribution >= 4 is 0 Å². The first-order chi connectivity index (χ1) is 9.28. The molecular formula is C16H27N3. The lowest BCUT2D eigenvalue weighted by molar-refractivity contribution is 0.274. The molecule has 0 saturated heterocycles. The second-order valence-electron chi connectivity index (χ2n) is 6.56. The zero-order chi connectivity index (χ0) is 13.2. The van der Waals surface area contributed by atoms with E-state index in [1.165, 1.54) is 44.2 Å². The van der Waals surface area contributed by atoms with Gasteiger partial charge in [0.05, 0.1) is 5.69 Å². The maximum atomic E-state index is 4.34. The lowest BCUT2D eigenvalue weighted by atomic mass is 9.83. The fraction of sp³-hybridized carbons (Fsp3) is 0.812. The Morgan fingerprint density at radius 3 is 2.89 bits per heavy atom. The van der Waals surface area contributed by atoms with Crippen LogP contribution < -0.4 is 5.32 Å². The molecule has 1 aromatic rings. The third-order valence-electron chi connectivity index (χ3n) is 5.28. The normalized spacial score (nSPS) is 30.9. The average molecular weight is 261 g/mol. The number of nitrogens with zero attached hydrogens (tertiary/aromatic N) is 2. The van der Waals surface area contributed by atoms with Crippen LogP contribution in [0.5, 0.6) is 0 Å². The van der Waals surface area contributed by atoms with Gasteiger partial charge in [0.25, 0.3) is 0 Å². The van der Waals surface area contributed by atoms with Gasteiger partial charge in [-0.3, -0.25) is 4.68 Å². The fourth-order valence-corrected chi connectivity index (χ4v) is 4.32. The molecule has 2 fully saturated rings. The Bertz CT molecular complexity index is 412. The molecule has 0 radical (unpaired) electrons. The van der Waals surface area contributed by atoms with E-state index in [9.17, 15) is 0 Å². The molecule has 3 rings (SSSR count). The van der Waals surface area contributed by atoms with Crippen molar-refractivity contribution in [1.29, 1.82) is 0 Å². The Balaban J connectivity index is 1.67. The van der Waals surface area contributed by atoms with Gasteiger partial charge in [-0.05, 0) is 62.5 Å². The first-order valence-electron chi connectivity index (χ1n) is 7.99. The third-order valence-corrected chi connectivity index (χ3v) is 5.28. The van der Waals surface area contributed by atoms with Crippen molar-refractivity contribution in [2.75, 3.05) is 6.54 Å². The predicted octanol–water partition coefficient (Wildman–Crippen LogP) is 3.29. The van der Waals surface area contributed by atoms with E-state index in [1.54, 1.807) is 0 Å². The van der Waals surface area contributed by atoms with Gasteiger partial charge in [0, 0.05) is 19.3 Å². The molecule has 0 aromatic carbocycles. The van der Waals surface area contributed by atoms with E-state index in [1.807, 2.05) is 10.9 Å². The molecule has 19 heavy (non-hydrogen) atoms. The highest BCUT2D eigenvalue weighted by molar-refractivity contribution is 5.08. The molecule has 4 atom stereocenters. The minimum atomic E-state index is 0.497. The number of aryl methyl sites for hydroxylation is 1. The fourth-order valence-electron chi connectivity index (χ4n) is 4.32. The van der Waals surface area contributed by atoms with Crippen molar-refractivity contribution in [1.82, 2.24) is 15.1 Å². The van der Waals surface area contributed by atoms with Crippen molar-refractivity contribution < 1.29 is 0 Å². The number of aromatic nitrogens is 2. The van der Waals surface area contributed by atoms with Crippen LogP contribution in [0.25, 0.3) is 0 Å². The Hall–Kier alpha value is -0.830. The second kappa shape index (κ2) is 5.66. The predicted molar refractivity (Wildman–Crippen MR) is 77.8 cm³/mol. The van der Waals surface area contributed by atoms with Gasteiger partial charge in [0.15, 0.2) is 0 Å². The summed E-state index contributed by atoms with van der Waals surface area (Å²) in [6.07, 6.45) is 10.4. The maximum Gasteiger partial charge on any atom is 0.0550 e. The van der Waals surface area contributed by atoms with Crippen molar-refractivity contribution in [3.8, 4) is 0 Å². The number of rotatable bonds is 6. The first kappa shape index (κ1) is 13.2. The van der Waals surface area contributed by atoms with Crippen LogP contribution in [0.2, 0.25) is 0 Å². The highest BCUT2D eigenvalue weighted by Crippen LogP contribution is 2.50. The summed E-state index contributed by atoms with van der Waals surface area (Å²) in [5, 5.41) is 8.08. The Morgan fingerprint density at radius 2 is 2.32 bits per heavy atom. The van der Waals surface area contributed by atoms with Gasteiger partial charge in [-0.15, -0.1) is 0 Å². The summed E-state index contributed by atoms with van der Waals surface area (Å²) in [6.45, 7) is 3.35. The Labute approximate surface area is 116 Å². The van der Waals surface area contributed by atoms with Crippen molar-refractivity contribution in [2.45, 2.75) is 51.5 Å². The zero-order valence-corrected chi connectivity index (χ0v) is 12.3. The van der Waals surface area contributed by atoms with Gasteiger partial charge in [0.2, 0.25) is 0 Å². The molecule has 2 aliphatic rings. The molecule has 2 bridgehead atoms. The molecular weight excluding hydrogens is 234 g/mol. The Kier molecular flexibility index (Phi) is 3.92. The summed E-state index contributed by atoms with van der Waals surface area (Å²) >= 11 is 0. The van der Waals surface area contributed by atoms with E-state index in [-0.39, 0.29) is 0 Å². The SMILES string of the molecule is CCCNC(CC1CC2CCC1C2)c1ccnn1C. The van der Waals surface area contributed by atoms with E-state index in [0.29, 0.717) is 6.04 Å². The molecule has 1 aromatic heterocycles. The number of hydrogen-bond acceptors (Lipinski definition) is 2. The number of fused-ring (bicyclic) bond motifs is 2. The maximum absolute atomic E-state index is 4.34. The molecule has 3 heteroatoms. The quantitative estimate of drug-likeness (QED) is 0.851.